The van der Waals surface area contributed by atoms with Crippen molar-refractivity contribution in [1.29, 1.82) is 0 Å². The number of anilines is 2. The van der Waals surface area contributed by atoms with Crippen molar-refractivity contribution >= 4 is 23.0 Å². The fraction of sp³-hybridized carbons (Fsp3) is 0.250. The normalized spacial score (nSPS) is 12.0. The largest absolute Gasteiger partial charge is 0.416 e. The highest BCUT2D eigenvalue weighted by molar-refractivity contribution is 5.80. The van der Waals surface area contributed by atoms with Crippen molar-refractivity contribution in [3.8, 4) is 0 Å². The average Bonchev–Trinajstić information content (AvgIpc) is 2.94. The summed E-state index contributed by atoms with van der Waals surface area (Å²) in [7, 11) is 1.67. The van der Waals surface area contributed by atoms with Crippen LogP contribution >= 0.6 is 0 Å². The van der Waals surface area contributed by atoms with E-state index in [1.165, 1.54) is 6.07 Å². The number of alkyl halides is 3. The molecule has 2 heterocycles. The Morgan fingerprint density at radius 1 is 1.24 bits per heavy atom. The van der Waals surface area contributed by atoms with E-state index in [1.807, 2.05) is 0 Å². The Balaban J connectivity index is 2.02. The number of rotatable bonds is 2. The summed E-state index contributed by atoms with van der Waals surface area (Å²) < 4.78 is 44.8. The molecule has 0 spiro atoms. The molecule has 0 aliphatic rings. The highest BCUT2D eigenvalue weighted by Crippen LogP contribution is 2.32. The Morgan fingerprint density at radius 2 is 2.00 bits per heavy atom. The Bertz CT molecular complexity index is 805. The van der Waals surface area contributed by atoms with Crippen molar-refractivity contribution in [3.05, 3.63) is 29.7 Å². The number of halogens is 3. The van der Waals surface area contributed by atoms with Crippen LogP contribution in [0.3, 0.4) is 0 Å². The molecule has 0 fully saturated rings. The van der Waals surface area contributed by atoms with Gasteiger partial charge in [-0.2, -0.15) is 13.2 Å². The molecular formula is C12H10F3N5O. The predicted octanol–water partition coefficient (Wildman–Crippen LogP) is 3.03. The monoisotopic (exact) mass is 297 g/mol. The molecule has 0 atom stereocenters. The molecule has 0 aliphatic heterocycles. The summed E-state index contributed by atoms with van der Waals surface area (Å²) in [5, 5.41) is 10.2. The minimum absolute atomic E-state index is 0.127. The van der Waals surface area contributed by atoms with Crippen LogP contribution in [0.1, 0.15) is 11.5 Å². The van der Waals surface area contributed by atoms with Crippen molar-refractivity contribution in [2.24, 2.45) is 7.05 Å². The van der Waals surface area contributed by atoms with Gasteiger partial charge >= 0.3 is 12.2 Å². The summed E-state index contributed by atoms with van der Waals surface area (Å²) in [6, 6.07) is 3.52. The van der Waals surface area contributed by atoms with Gasteiger partial charge in [-0.25, -0.2) is 4.98 Å². The third-order valence-corrected chi connectivity index (χ3v) is 2.95. The molecule has 0 amide bonds. The quantitative estimate of drug-likeness (QED) is 0.787. The highest BCUT2D eigenvalue weighted by atomic mass is 19.4. The van der Waals surface area contributed by atoms with E-state index in [2.05, 4.69) is 20.5 Å². The molecule has 6 nitrogen and oxygen atoms in total. The number of imidazole rings is 1. The lowest BCUT2D eigenvalue weighted by molar-refractivity contribution is -0.137. The maximum absolute atomic E-state index is 12.7. The zero-order chi connectivity index (χ0) is 15.2. The minimum atomic E-state index is -4.40. The van der Waals surface area contributed by atoms with Gasteiger partial charge in [-0.3, -0.25) is 5.32 Å². The van der Waals surface area contributed by atoms with E-state index in [-0.39, 0.29) is 11.5 Å². The summed E-state index contributed by atoms with van der Waals surface area (Å²) in [6.07, 6.45) is -4.40. The van der Waals surface area contributed by atoms with Crippen molar-refractivity contribution in [1.82, 2.24) is 19.7 Å². The molecular weight excluding hydrogens is 287 g/mol. The van der Waals surface area contributed by atoms with E-state index < -0.39 is 11.7 Å². The number of nitrogens with one attached hydrogen (secondary N) is 1. The second-order valence-electron chi connectivity index (χ2n) is 4.45. The van der Waals surface area contributed by atoms with Crippen LogP contribution in [0.15, 0.2) is 22.6 Å². The molecule has 110 valence electrons. The van der Waals surface area contributed by atoms with Gasteiger partial charge in [0.05, 0.1) is 16.6 Å². The maximum atomic E-state index is 12.7. The number of benzene rings is 1. The number of hydrogen-bond donors (Lipinski definition) is 1. The molecule has 3 rings (SSSR count). The third kappa shape index (κ3) is 2.41. The fourth-order valence-corrected chi connectivity index (χ4v) is 1.93. The van der Waals surface area contributed by atoms with Gasteiger partial charge in [-0.1, -0.05) is 5.10 Å². The van der Waals surface area contributed by atoms with E-state index in [0.29, 0.717) is 17.4 Å². The number of nitrogens with zero attached hydrogens (tertiary/aromatic N) is 4. The van der Waals surface area contributed by atoms with Crippen LogP contribution in [-0.4, -0.2) is 19.7 Å². The lowest BCUT2D eigenvalue weighted by Crippen LogP contribution is -2.04. The summed E-state index contributed by atoms with van der Waals surface area (Å²) in [6.45, 7) is 1.63. The van der Waals surface area contributed by atoms with Gasteiger partial charge in [0, 0.05) is 14.0 Å². The summed E-state index contributed by atoms with van der Waals surface area (Å²) >= 11 is 0. The van der Waals surface area contributed by atoms with Crippen LogP contribution in [0.2, 0.25) is 0 Å². The highest BCUT2D eigenvalue weighted by Gasteiger charge is 2.31. The van der Waals surface area contributed by atoms with Crippen LogP contribution in [0.4, 0.5) is 25.1 Å². The molecule has 2 aromatic heterocycles. The SMILES string of the molecule is Cc1nnc(Nc2nc3cc(C(F)(F)F)ccc3n2C)o1. The second kappa shape index (κ2) is 4.47. The Morgan fingerprint density at radius 3 is 2.62 bits per heavy atom. The number of aromatic nitrogens is 4. The summed E-state index contributed by atoms with van der Waals surface area (Å²) in [4.78, 5) is 4.12. The first-order valence-electron chi connectivity index (χ1n) is 5.95. The van der Waals surface area contributed by atoms with Crippen LogP contribution in [0.25, 0.3) is 11.0 Å². The smallest absolute Gasteiger partial charge is 0.408 e. The van der Waals surface area contributed by atoms with Gasteiger partial charge in [0.15, 0.2) is 0 Å². The molecule has 21 heavy (non-hydrogen) atoms. The van der Waals surface area contributed by atoms with Crippen LogP contribution < -0.4 is 5.32 Å². The molecule has 0 aliphatic carbocycles. The number of hydrogen-bond acceptors (Lipinski definition) is 5. The standard InChI is InChI=1S/C12H10F3N5O/c1-6-18-19-11(21-6)17-10-16-8-5-7(12(13,14)15)3-4-9(8)20(10)2/h3-5H,1-2H3,(H,16,17,19). The van der Waals surface area contributed by atoms with E-state index in [0.717, 1.165) is 12.1 Å². The summed E-state index contributed by atoms with van der Waals surface area (Å²) in [5.74, 6) is 0.684. The summed E-state index contributed by atoms with van der Waals surface area (Å²) in [5.41, 5.74) is 0.0427. The molecule has 1 N–H and O–H groups in total. The average molecular weight is 297 g/mol. The van der Waals surface area contributed by atoms with Gasteiger partial charge in [0.25, 0.3) is 0 Å². The van der Waals surface area contributed by atoms with E-state index in [1.54, 1.807) is 18.5 Å². The fourth-order valence-electron chi connectivity index (χ4n) is 1.93. The van der Waals surface area contributed by atoms with E-state index in [4.69, 9.17) is 4.42 Å². The lowest BCUT2D eigenvalue weighted by atomic mass is 10.2. The Hall–Kier alpha value is -2.58. The Labute approximate surface area is 116 Å². The molecule has 1 aromatic carbocycles. The zero-order valence-electron chi connectivity index (χ0n) is 11.1. The first-order valence-corrected chi connectivity index (χ1v) is 5.95. The topological polar surface area (TPSA) is 68.8 Å². The number of fused-ring (bicyclic) bond motifs is 1. The molecule has 3 aromatic rings. The van der Waals surface area contributed by atoms with Crippen LogP contribution in [-0.2, 0) is 13.2 Å². The van der Waals surface area contributed by atoms with Crippen molar-refractivity contribution in [2.45, 2.75) is 13.1 Å². The molecule has 0 bridgehead atoms. The first-order chi connectivity index (χ1) is 9.84. The maximum Gasteiger partial charge on any atom is 0.416 e. The molecule has 9 heteroatoms. The van der Waals surface area contributed by atoms with Gasteiger partial charge in [-0.15, -0.1) is 5.10 Å². The lowest BCUT2D eigenvalue weighted by Gasteiger charge is -2.05. The van der Waals surface area contributed by atoms with Gasteiger partial charge in [0.2, 0.25) is 11.8 Å². The van der Waals surface area contributed by atoms with Crippen molar-refractivity contribution in [2.75, 3.05) is 5.32 Å². The molecule has 0 saturated carbocycles. The van der Waals surface area contributed by atoms with Gasteiger partial charge < -0.3 is 8.98 Å². The predicted molar refractivity (Wildman–Crippen MR) is 68.0 cm³/mol. The Kier molecular flexibility index (Phi) is 2.85. The van der Waals surface area contributed by atoms with E-state index in [9.17, 15) is 13.2 Å². The third-order valence-electron chi connectivity index (χ3n) is 2.95. The zero-order valence-corrected chi connectivity index (χ0v) is 11.1. The van der Waals surface area contributed by atoms with Gasteiger partial charge in [-0.05, 0) is 18.2 Å². The van der Waals surface area contributed by atoms with Crippen LogP contribution in [0.5, 0.6) is 0 Å². The minimum Gasteiger partial charge on any atom is -0.408 e. The van der Waals surface area contributed by atoms with Gasteiger partial charge in [0.1, 0.15) is 0 Å². The molecule has 0 radical (unpaired) electrons. The van der Waals surface area contributed by atoms with E-state index >= 15 is 0 Å². The molecule has 0 saturated heterocycles. The van der Waals surface area contributed by atoms with Crippen molar-refractivity contribution < 1.29 is 17.6 Å². The second-order valence-corrected chi connectivity index (χ2v) is 4.45. The van der Waals surface area contributed by atoms with Crippen LogP contribution in [0, 0.1) is 6.92 Å². The first kappa shape index (κ1) is 13.4. The molecule has 0 unspecified atom stereocenters. The number of aryl methyl sites for hydroxylation is 2. The van der Waals surface area contributed by atoms with Crippen molar-refractivity contribution in [3.63, 3.8) is 0 Å².